The topological polar surface area (TPSA) is 58.6 Å². The van der Waals surface area contributed by atoms with Crippen LogP contribution in [0.15, 0.2) is 42.5 Å². The van der Waals surface area contributed by atoms with Gasteiger partial charge in [-0.05, 0) is 68.3 Å². The number of ether oxygens (including phenoxy) is 1. The zero-order chi connectivity index (χ0) is 20.8. The van der Waals surface area contributed by atoms with Gasteiger partial charge in [0.05, 0.1) is 28.1 Å². The van der Waals surface area contributed by atoms with Gasteiger partial charge in [0, 0.05) is 18.8 Å². The number of carbonyl (C=O) groups excluding carboxylic acids is 2. The summed E-state index contributed by atoms with van der Waals surface area (Å²) in [6.07, 6.45) is 1.81. The van der Waals surface area contributed by atoms with Crippen molar-refractivity contribution in [2.45, 2.75) is 26.3 Å². The fourth-order valence-electron chi connectivity index (χ4n) is 3.46. The van der Waals surface area contributed by atoms with E-state index in [1.165, 1.54) is 0 Å². The van der Waals surface area contributed by atoms with Gasteiger partial charge in [-0.3, -0.25) is 9.69 Å². The number of likely N-dealkylation sites (tertiary alicyclic amines) is 1. The molecule has 1 aliphatic rings. The molecule has 0 aliphatic carbocycles. The lowest BCUT2D eigenvalue weighted by molar-refractivity contribution is -0.121. The van der Waals surface area contributed by atoms with E-state index in [0.29, 0.717) is 34.4 Å². The van der Waals surface area contributed by atoms with Gasteiger partial charge >= 0.3 is 5.97 Å². The molecule has 0 saturated carbocycles. The number of piperidine rings is 1. The van der Waals surface area contributed by atoms with Crippen molar-refractivity contribution in [2.75, 3.05) is 25.0 Å². The number of rotatable bonds is 6. The molecule has 2 aromatic rings. The number of esters is 1. The summed E-state index contributed by atoms with van der Waals surface area (Å²) in [5.74, 6) is -0.459. The van der Waals surface area contributed by atoms with E-state index in [-0.39, 0.29) is 17.8 Å². The van der Waals surface area contributed by atoms with Gasteiger partial charge in [-0.25, -0.2) is 4.79 Å². The molecule has 0 aromatic heterocycles. The van der Waals surface area contributed by atoms with E-state index >= 15 is 0 Å². The third kappa shape index (κ3) is 5.95. The number of nitrogens with zero attached hydrogens (tertiary/aromatic N) is 1. The van der Waals surface area contributed by atoms with Crippen LogP contribution in [0.5, 0.6) is 0 Å². The predicted molar refractivity (Wildman–Crippen MR) is 115 cm³/mol. The number of halogens is 2. The maximum absolute atomic E-state index is 12.7. The third-order valence-corrected chi connectivity index (χ3v) is 5.67. The van der Waals surface area contributed by atoms with Gasteiger partial charge < -0.3 is 10.1 Å². The lowest BCUT2D eigenvalue weighted by Gasteiger charge is -2.32. The molecule has 1 saturated heterocycles. The average Bonchev–Trinajstić information content (AvgIpc) is 2.72. The van der Waals surface area contributed by atoms with Gasteiger partial charge in [0.15, 0.2) is 0 Å². The molecular formula is C22H24Cl2N2O3. The average molecular weight is 435 g/mol. The monoisotopic (exact) mass is 434 g/mol. The van der Waals surface area contributed by atoms with E-state index in [9.17, 15) is 9.59 Å². The Labute approximate surface area is 180 Å². The van der Waals surface area contributed by atoms with E-state index in [1.54, 1.807) is 37.3 Å². The summed E-state index contributed by atoms with van der Waals surface area (Å²) in [5.41, 5.74) is 2.22. The summed E-state index contributed by atoms with van der Waals surface area (Å²) < 4.78 is 4.97. The lowest BCUT2D eigenvalue weighted by atomic mass is 9.96. The molecule has 1 unspecified atom stereocenters. The SMILES string of the molecule is CCOC(=O)c1ccc(NC(=O)C2CCCN(Cc3ccc(Cl)c(Cl)c3)C2)cc1. The molecule has 154 valence electrons. The van der Waals surface area contributed by atoms with Crippen molar-refractivity contribution in [3.63, 3.8) is 0 Å². The first-order valence-corrected chi connectivity index (χ1v) is 10.5. The summed E-state index contributed by atoms with van der Waals surface area (Å²) in [6.45, 7) is 4.46. The lowest BCUT2D eigenvalue weighted by Crippen LogP contribution is -2.40. The summed E-state index contributed by atoms with van der Waals surface area (Å²) in [4.78, 5) is 26.7. The first-order valence-electron chi connectivity index (χ1n) is 9.70. The second-order valence-electron chi connectivity index (χ2n) is 7.11. The summed E-state index contributed by atoms with van der Waals surface area (Å²) in [6, 6.07) is 12.4. The number of nitrogens with one attached hydrogen (secondary N) is 1. The van der Waals surface area contributed by atoms with E-state index in [4.69, 9.17) is 27.9 Å². The summed E-state index contributed by atoms with van der Waals surface area (Å²) in [7, 11) is 0. The van der Waals surface area contributed by atoms with Crippen molar-refractivity contribution in [1.29, 1.82) is 0 Å². The summed E-state index contributed by atoms with van der Waals surface area (Å²) in [5, 5.41) is 4.04. The Morgan fingerprint density at radius 2 is 1.90 bits per heavy atom. The van der Waals surface area contributed by atoms with E-state index < -0.39 is 0 Å². The Kier molecular flexibility index (Phi) is 7.53. The standard InChI is InChI=1S/C22H24Cl2N2O3/c1-2-29-22(28)16-6-8-18(9-7-16)25-21(27)17-4-3-11-26(14-17)13-15-5-10-19(23)20(24)12-15/h5-10,12,17H,2-4,11,13-14H2,1H3,(H,25,27). The van der Waals surface area contributed by atoms with Gasteiger partial charge in [-0.15, -0.1) is 0 Å². The van der Waals surface area contributed by atoms with Crippen LogP contribution < -0.4 is 5.32 Å². The molecule has 5 nitrogen and oxygen atoms in total. The van der Waals surface area contributed by atoms with Crippen LogP contribution in [-0.4, -0.2) is 36.5 Å². The molecule has 2 aromatic carbocycles. The van der Waals surface area contributed by atoms with Gasteiger partial charge in [0.2, 0.25) is 5.91 Å². The fourth-order valence-corrected chi connectivity index (χ4v) is 3.78. The Morgan fingerprint density at radius 1 is 1.14 bits per heavy atom. The zero-order valence-electron chi connectivity index (χ0n) is 16.3. The number of anilines is 1. The largest absolute Gasteiger partial charge is 0.462 e. The number of hydrogen-bond donors (Lipinski definition) is 1. The number of amides is 1. The van der Waals surface area contributed by atoms with Crippen LogP contribution in [0.2, 0.25) is 10.0 Å². The molecule has 1 heterocycles. The molecule has 0 spiro atoms. The first-order chi connectivity index (χ1) is 14.0. The Morgan fingerprint density at radius 3 is 2.59 bits per heavy atom. The normalized spacial score (nSPS) is 17.0. The highest BCUT2D eigenvalue weighted by Gasteiger charge is 2.26. The minimum atomic E-state index is -0.365. The minimum Gasteiger partial charge on any atom is -0.462 e. The molecule has 1 fully saturated rings. The smallest absolute Gasteiger partial charge is 0.338 e. The van der Waals surface area contributed by atoms with Crippen molar-refractivity contribution in [3.8, 4) is 0 Å². The van der Waals surface area contributed by atoms with Gasteiger partial charge in [-0.2, -0.15) is 0 Å². The number of benzene rings is 2. The van der Waals surface area contributed by atoms with Crippen LogP contribution in [0, 0.1) is 5.92 Å². The van der Waals surface area contributed by atoms with Crippen molar-refractivity contribution in [1.82, 2.24) is 4.90 Å². The molecule has 3 rings (SSSR count). The second-order valence-corrected chi connectivity index (χ2v) is 7.92. The van der Waals surface area contributed by atoms with Crippen LogP contribution in [0.1, 0.15) is 35.7 Å². The zero-order valence-corrected chi connectivity index (χ0v) is 17.8. The van der Waals surface area contributed by atoms with Crippen molar-refractivity contribution in [2.24, 2.45) is 5.92 Å². The highest BCUT2D eigenvalue weighted by Crippen LogP contribution is 2.25. The Balaban J connectivity index is 1.56. The van der Waals surface area contributed by atoms with Gasteiger partial charge in [-0.1, -0.05) is 29.3 Å². The van der Waals surface area contributed by atoms with E-state index in [0.717, 1.165) is 31.5 Å². The fraction of sp³-hybridized carbons (Fsp3) is 0.364. The van der Waals surface area contributed by atoms with Crippen LogP contribution in [-0.2, 0) is 16.1 Å². The molecule has 1 aliphatic heterocycles. The highest BCUT2D eigenvalue weighted by atomic mass is 35.5. The van der Waals surface area contributed by atoms with Crippen molar-refractivity contribution < 1.29 is 14.3 Å². The van der Waals surface area contributed by atoms with E-state index in [1.807, 2.05) is 12.1 Å². The maximum atomic E-state index is 12.7. The molecule has 1 amide bonds. The first kappa shape index (κ1) is 21.6. The van der Waals surface area contributed by atoms with E-state index in [2.05, 4.69) is 10.2 Å². The third-order valence-electron chi connectivity index (χ3n) is 4.93. The predicted octanol–water partition coefficient (Wildman–Crippen LogP) is 5.02. The molecular weight excluding hydrogens is 411 g/mol. The minimum absolute atomic E-state index is 0.00674. The Hall–Kier alpha value is -2.08. The Bertz CT molecular complexity index is 871. The second kappa shape index (κ2) is 10.1. The molecule has 1 atom stereocenters. The molecule has 7 heteroatoms. The van der Waals surface area contributed by atoms with Crippen LogP contribution in [0.4, 0.5) is 5.69 Å². The highest BCUT2D eigenvalue weighted by molar-refractivity contribution is 6.42. The number of carbonyl (C=O) groups is 2. The number of hydrogen-bond acceptors (Lipinski definition) is 4. The molecule has 29 heavy (non-hydrogen) atoms. The maximum Gasteiger partial charge on any atom is 0.338 e. The van der Waals surface area contributed by atoms with Crippen molar-refractivity contribution in [3.05, 3.63) is 63.6 Å². The van der Waals surface area contributed by atoms with Gasteiger partial charge in [0.25, 0.3) is 0 Å². The molecule has 0 bridgehead atoms. The summed E-state index contributed by atoms with van der Waals surface area (Å²) >= 11 is 12.1. The van der Waals surface area contributed by atoms with Gasteiger partial charge in [0.1, 0.15) is 0 Å². The van der Waals surface area contributed by atoms with Crippen LogP contribution in [0.3, 0.4) is 0 Å². The van der Waals surface area contributed by atoms with Crippen LogP contribution >= 0.6 is 23.2 Å². The van der Waals surface area contributed by atoms with Crippen LogP contribution in [0.25, 0.3) is 0 Å². The molecule has 0 radical (unpaired) electrons. The molecule has 1 N–H and O–H groups in total. The van der Waals surface area contributed by atoms with Crippen molar-refractivity contribution >= 4 is 40.8 Å². The quantitative estimate of drug-likeness (QED) is 0.648.